The minimum Gasteiger partial charge on any atom is -0.383 e. The third-order valence-corrected chi connectivity index (χ3v) is 2.44. The number of hydrogen-bond donors (Lipinski definition) is 1. The van der Waals surface area contributed by atoms with Gasteiger partial charge in [0.05, 0.1) is 18.3 Å². The number of nitrogens with zero attached hydrogens (tertiary/aromatic N) is 2. The molecule has 0 bridgehead atoms. The summed E-state index contributed by atoms with van der Waals surface area (Å²) in [4.78, 5) is 7.67. The Kier molecular flexibility index (Phi) is 4.61. The smallest absolute Gasteiger partial charge is 0.186 e. The van der Waals surface area contributed by atoms with Crippen molar-refractivity contribution >= 4 is 5.82 Å². The van der Waals surface area contributed by atoms with E-state index in [-0.39, 0.29) is 11.9 Å². The van der Waals surface area contributed by atoms with E-state index in [2.05, 4.69) is 15.3 Å². The average Bonchev–Trinajstić information content (AvgIpc) is 2.23. The summed E-state index contributed by atoms with van der Waals surface area (Å²) in [7, 11) is 1.62. The van der Waals surface area contributed by atoms with E-state index >= 15 is 0 Å². The first-order valence-electron chi connectivity index (χ1n) is 5.28. The molecule has 0 aliphatic rings. The summed E-state index contributed by atoms with van der Waals surface area (Å²) >= 11 is 0. The van der Waals surface area contributed by atoms with Gasteiger partial charge in [-0.15, -0.1) is 0 Å². The zero-order valence-corrected chi connectivity index (χ0v) is 10.1. The summed E-state index contributed by atoms with van der Waals surface area (Å²) in [6, 6.07) is 0.0359. The third kappa shape index (κ3) is 3.13. The highest BCUT2D eigenvalue weighted by molar-refractivity contribution is 5.38. The van der Waals surface area contributed by atoms with E-state index in [1.807, 2.05) is 13.8 Å². The topological polar surface area (TPSA) is 47.0 Å². The Morgan fingerprint density at radius 2 is 2.12 bits per heavy atom. The highest BCUT2D eigenvalue weighted by Crippen LogP contribution is 2.15. The van der Waals surface area contributed by atoms with Gasteiger partial charge in [0.2, 0.25) is 0 Å². The van der Waals surface area contributed by atoms with Gasteiger partial charge in [0, 0.05) is 7.11 Å². The first-order chi connectivity index (χ1) is 7.56. The molecule has 0 saturated heterocycles. The monoisotopic (exact) mass is 227 g/mol. The van der Waals surface area contributed by atoms with Crippen LogP contribution in [0.15, 0.2) is 6.33 Å². The van der Waals surface area contributed by atoms with E-state index in [9.17, 15) is 4.39 Å². The largest absolute Gasteiger partial charge is 0.383 e. The number of ether oxygens (including phenoxy) is 1. The highest BCUT2D eigenvalue weighted by Gasteiger charge is 2.16. The van der Waals surface area contributed by atoms with Crippen molar-refractivity contribution in [2.45, 2.75) is 26.8 Å². The predicted molar refractivity (Wildman–Crippen MR) is 60.9 cm³/mol. The van der Waals surface area contributed by atoms with Crippen molar-refractivity contribution < 1.29 is 9.13 Å². The van der Waals surface area contributed by atoms with Crippen molar-refractivity contribution in [2.75, 3.05) is 19.0 Å². The molecule has 1 atom stereocenters. The van der Waals surface area contributed by atoms with Gasteiger partial charge in [-0.25, -0.2) is 14.4 Å². The van der Waals surface area contributed by atoms with E-state index in [1.54, 1.807) is 14.0 Å². The fourth-order valence-electron chi connectivity index (χ4n) is 1.31. The van der Waals surface area contributed by atoms with Crippen molar-refractivity contribution in [2.24, 2.45) is 5.92 Å². The lowest BCUT2D eigenvalue weighted by molar-refractivity contribution is 0.171. The quantitative estimate of drug-likeness (QED) is 0.835. The van der Waals surface area contributed by atoms with Crippen LogP contribution in [0, 0.1) is 18.7 Å². The lowest BCUT2D eigenvalue weighted by atomic mass is 10.1. The molecular weight excluding hydrogens is 209 g/mol. The number of methoxy groups -OCH3 is 1. The number of aromatic nitrogens is 2. The molecule has 0 spiro atoms. The molecule has 1 aromatic rings. The summed E-state index contributed by atoms with van der Waals surface area (Å²) < 4.78 is 18.7. The molecule has 0 aliphatic heterocycles. The Hall–Kier alpha value is -1.23. The van der Waals surface area contributed by atoms with E-state index in [0.717, 1.165) is 0 Å². The van der Waals surface area contributed by atoms with Gasteiger partial charge in [0.1, 0.15) is 6.33 Å². The second-order valence-electron chi connectivity index (χ2n) is 4.07. The number of rotatable bonds is 5. The maximum absolute atomic E-state index is 13.6. The molecule has 0 radical (unpaired) electrons. The molecule has 0 saturated carbocycles. The summed E-state index contributed by atoms with van der Waals surface area (Å²) in [5, 5.41) is 3.04. The maximum Gasteiger partial charge on any atom is 0.186 e. The van der Waals surface area contributed by atoms with E-state index in [4.69, 9.17) is 4.74 Å². The molecule has 1 heterocycles. The Morgan fingerprint density at radius 1 is 1.44 bits per heavy atom. The minimum absolute atomic E-state index is 0.0359. The zero-order chi connectivity index (χ0) is 12.1. The molecular formula is C11H18FN3O. The average molecular weight is 227 g/mol. The van der Waals surface area contributed by atoms with Crippen LogP contribution in [0.4, 0.5) is 10.2 Å². The summed E-state index contributed by atoms with van der Waals surface area (Å²) in [5.74, 6) is 0.169. The van der Waals surface area contributed by atoms with Crippen LogP contribution in [0.2, 0.25) is 0 Å². The van der Waals surface area contributed by atoms with Crippen LogP contribution in [-0.4, -0.2) is 29.7 Å². The lowest BCUT2D eigenvalue weighted by Gasteiger charge is -2.22. The summed E-state index contributed by atoms with van der Waals surface area (Å²) in [6.07, 6.45) is 1.35. The highest BCUT2D eigenvalue weighted by atomic mass is 19.1. The molecule has 16 heavy (non-hydrogen) atoms. The van der Waals surface area contributed by atoms with Crippen LogP contribution in [0.25, 0.3) is 0 Å². The molecule has 0 aromatic carbocycles. The molecule has 4 nitrogen and oxygen atoms in total. The van der Waals surface area contributed by atoms with Crippen molar-refractivity contribution in [1.29, 1.82) is 0 Å². The standard InChI is InChI=1S/C11H18FN3O/c1-7(2)9(5-16-4)15-11-10(12)8(3)13-6-14-11/h6-7,9H,5H2,1-4H3,(H,13,14,15). The Balaban J connectivity index is 2.81. The normalized spacial score (nSPS) is 12.9. The molecule has 0 aliphatic carbocycles. The molecule has 1 unspecified atom stereocenters. The van der Waals surface area contributed by atoms with E-state index in [0.29, 0.717) is 18.2 Å². The zero-order valence-electron chi connectivity index (χ0n) is 10.1. The molecule has 90 valence electrons. The Morgan fingerprint density at radius 3 is 2.69 bits per heavy atom. The Bertz CT molecular complexity index is 344. The summed E-state index contributed by atoms with van der Waals surface area (Å²) in [5.41, 5.74) is 0.345. The molecule has 5 heteroatoms. The fourth-order valence-corrected chi connectivity index (χ4v) is 1.31. The second-order valence-corrected chi connectivity index (χ2v) is 4.07. The molecule has 0 amide bonds. The molecule has 1 N–H and O–H groups in total. The molecule has 0 fully saturated rings. The van der Waals surface area contributed by atoms with Gasteiger partial charge in [-0.2, -0.15) is 0 Å². The van der Waals surface area contributed by atoms with Gasteiger partial charge in [-0.3, -0.25) is 0 Å². The van der Waals surface area contributed by atoms with Crippen LogP contribution >= 0.6 is 0 Å². The minimum atomic E-state index is -0.399. The van der Waals surface area contributed by atoms with Gasteiger partial charge >= 0.3 is 0 Å². The van der Waals surface area contributed by atoms with Crippen LogP contribution in [-0.2, 0) is 4.74 Å². The maximum atomic E-state index is 13.6. The first-order valence-corrected chi connectivity index (χ1v) is 5.28. The van der Waals surface area contributed by atoms with Crippen LogP contribution < -0.4 is 5.32 Å². The number of hydrogen-bond acceptors (Lipinski definition) is 4. The summed E-state index contributed by atoms with van der Waals surface area (Å²) in [6.45, 7) is 6.22. The van der Waals surface area contributed by atoms with E-state index < -0.39 is 5.82 Å². The number of halogens is 1. The molecule has 1 aromatic heterocycles. The van der Waals surface area contributed by atoms with Crippen LogP contribution in [0.1, 0.15) is 19.5 Å². The van der Waals surface area contributed by atoms with Crippen molar-refractivity contribution in [3.8, 4) is 0 Å². The van der Waals surface area contributed by atoms with Crippen LogP contribution in [0.5, 0.6) is 0 Å². The van der Waals surface area contributed by atoms with E-state index in [1.165, 1.54) is 6.33 Å². The number of nitrogens with one attached hydrogen (secondary N) is 1. The van der Waals surface area contributed by atoms with Gasteiger partial charge < -0.3 is 10.1 Å². The first kappa shape index (κ1) is 12.8. The van der Waals surface area contributed by atoms with Crippen LogP contribution in [0.3, 0.4) is 0 Å². The van der Waals surface area contributed by atoms with Crippen molar-refractivity contribution in [3.63, 3.8) is 0 Å². The number of anilines is 1. The van der Waals surface area contributed by atoms with Gasteiger partial charge in [-0.05, 0) is 12.8 Å². The van der Waals surface area contributed by atoms with Gasteiger partial charge in [0.25, 0.3) is 0 Å². The van der Waals surface area contributed by atoms with Gasteiger partial charge in [-0.1, -0.05) is 13.8 Å². The Labute approximate surface area is 95.3 Å². The predicted octanol–water partition coefficient (Wildman–Crippen LogP) is 2.01. The second kappa shape index (κ2) is 5.75. The lowest BCUT2D eigenvalue weighted by Crippen LogP contribution is -2.31. The SMILES string of the molecule is COCC(Nc1ncnc(C)c1F)C(C)C. The third-order valence-electron chi connectivity index (χ3n) is 2.44. The van der Waals surface area contributed by atoms with Crippen molar-refractivity contribution in [3.05, 3.63) is 17.8 Å². The number of aryl methyl sites for hydroxylation is 1. The van der Waals surface area contributed by atoms with Gasteiger partial charge in [0.15, 0.2) is 11.6 Å². The van der Waals surface area contributed by atoms with Crippen molar-refractivity contribution in [1.82, 2.24) is 9.97 Å². The fraction of sp³-hybridized carbons (Fsp3) is 0.636. The molecule has 1 rings (SSSR count).